The van der Waals surface area contributed by atoms with E-state index in [-0.39, 0.29) is 6.03 Å². The summed E-state index contributed by atoms with van der Waals surface area (Å²) < 4.78 is 5.43. The average Bonchev–Trinajstić information content (AvgIpc) is 2.44. The Morgan fingerprint density at radius 1 is 1.25 bits per heavy atom. The molecule has 2 saturated heterocycles. The van der Waals surface area contributed by atoms with Crippen molar-refractivity contribution < 1.29 is 9.53 Å². The van der Waals surface area contributed by atoms with Gasteiger partial charge < -0.3 is 14.5 Å². The molecule has 0 aliphatic carbocycles. The smallest absolute Gasteiger partial charge is 0.320 e. The topological polar surface area (TPSA) is 32.8 Å². The molecule has 2 amide bonds. The van der Waals surface area contributed by atoms with Crippen molar-refractivity contribution in [2.75, 3.05) is 39.4 Å². The Balaban J connectivity index is 1.55. The number of likely N-dealkylation sites (tertiary alicyclic amines) is 1. The summed E-state index contributed by atoms with van der Waals surface area (Å²) in [4.78, 5) is 16.6. The number of hydrogen-bond acceptors (Lipinski definition) is 2. The van der Waals surface area contributed by atoms with Crippen molar-refractivity contribution in [3.8, 4) is 0 Å². The van der Waals surface area contributed by atoms with Gasteiger partial charge in [0.1, 0.15) is 0 Å². The highest BCUT2D eigenvalue weighted by Crippen LogP contribution is 2.40. The van der Waals surface area contributed by atoms with E-state index in [4.69, 9.17) is 4.74 Å². The Morgan fingerprint density at radius 3 is 2.55 bits per heavy atom. The zero-order chi connectivity index (χ0) is 14.2. The summed E-state index contributed by atoms with van der Waals surface area (Å²) >= 11 is 0. The first-order valence-corrected chi connectivity index (χ1v) is 7.93. The lowest BCUT2D eigenvalue weighted by Crippen LogP contribution is -2.63. The fraction of sp³-hybridized carbons (Fsp3) is 0.812. The highest BCUT2D eigenvalue weighted by Gasteiger charge is 2.46. The van der Waals surface area contributed by atoms with Gasteiger partial charge in [-0.25, -0.2) is 4.79 Å². The summed E-state index contributed by atoms with van der Waals surface area (Å²) in [6.07, 6.45) is 4.42. The molecule has 3 aliphatic rings. The van der Waals surface area contributed by atoms with Gasteiger partial charge in [0.05, 0.1) is 0 Å². The molecule has 0 atom stereocenters. The molecule has 0 aromatic heterocycles. The molecule has 2 fully saturated rings. The minimum absolute atomic E-state index is 0.247. The molecular weight excluding hydrogens is 252 g/mol. The maximum Gasteiger partial charge on any atom is 0.320 e. The molecule has 112 valence electrons. The second-order valence-corrected chi connectivity index (χ2v) is 6.66. The predicted molar refractivity (Wildman–Crippen MR) is 78.6 cm³/mol. The van der Waals surface area contributed by atoms with Crippen molar-refractivity contribution in [3.63, 3.8) is 0 Å². The van der Waals surface area contributed by atoms with E-state index in [2.05, 4.69) is 13.8 Å². The van der Waals surface area contributed by atoms with Crippen molar-refractivity contribution in [1.82, 2.24) is 9.80 Å². The van der Waals surface area contributed by atoms with Crippen LogP contribution in [-0.4, -0.2) is 55.2 Å². The monoisotopic (exact) mass is 278 g/mol. The molecule has 3 rings (SSSR count). The van der Waals surface area contributed by atoms with Gasteiger partial charge in [-0.05, 0) is 32.6 Å². The van der Waals surface area contributed by atoms with E-state index in [1.165, 1.54) is 5.57 Å². The zero-order valence-electron chi connectivity index (χ0n) is 12.8. The number of carbonyl (C=O) groups excluding carboxylic acids is 1. The van der Waals surface area contributed by atoms with Crippen LogP contribution in [0.3, 0.4) is 0 Å². The Labute approximate surface area is 121 Å². The number of ether oxygens (including phenoxy) is 1. The first-order chi connectivity index (χ1) is 9.63. The van der Waals surface area contributed by atoms with Crippen LogP contribution in [0.2, 0.25) is 0 Å². The van der Waals surface area contributed by atoms with E-state index in [0.717, 1.165) is 65.1 Å². The van der Waals surface area contributed by atoms with E-state index < -0.39 is 0 Å². The third kappa shape index (κ3) is 2.46. The van der Waals surface area contributed by atoms with E-state index >= 15 is 0 Å². The van der Waals surface area contributed by atoms with Crippen molar-refractivity contribution in [3.05, 3.63) is 11.1 Å². The van der Waals surface area contributed by atoms with Crippen LogP contribution in [0.5, 0.6) is 0 Å². The van der Waals surface area contributed by atoms with E-state index in [1.54, 1.807) is 5.57 Å². The second-order valence-electron chi connectivity index (χ2n) is 6.66. The molecule has 0 aromatic rings. The highest BCUT2D eigenvalue weighted by atomic mass is 16.5. The average molecular weight is 278 g/mol. The Kier molecular flexibility index (Phi) is 3.76. The van der Waals surface area contributed by atoms with Gasteiger partial charge in [-0.2, -0.15) is 0 Å². The summed E-state index contributed by atoms with van der Waals surface area (Å²) in [5, 5.41) is 0. The first kappa shape index (κ1) is 13.9. The van der Waals surface area contributed by atoms with Gasteiger partial charge in [-0.1, -0.05) is 18.1 Å². The maximum atomic E-state index is 12.5. The highest BCUT2D eigenvalue weighted by molar-refractivity contribution is 5.76. The molecule has 4 heteroatoms. The number of urea groups is 1. The van der Waals surface area contributed by atoms with Gasteiger partial charge in [-0.3, -0.25) is 0 Å². The van der Waals surface area contributed by atoms with Crippen LogP contribution in [0.4, 0.5) is 4.79 Å². The molecule has 0 aromatic carbocycles. The van der Waals surface area contributed by atoms with Crippen LogP contribution < -0.4 is 0 Å². The number of amides is 2. The van der Waals surface area contributed by atoms with Crippen LogP contribution in [0.1, 0.15) is 39.5 Å². The summed E-state index contributed by atoms with van der Waals surface area (Å²) in [5.74, 6) is 0. The van der Waals surface area contributed by atoms with Crippen molar-refractivity contribution in [2.45, 2.75) is 39.5 Å². The van der Waals surface area contributed by atoms with Crippen LogP contribution >= 0.6 is 0 Å². The third-order valence-electron chi connectivity index (χ3n) is 5.29. The first-order valence-electron chi connectivity index (χ1n) is 7.93. The zero-order valence-corrected chi connectivity index (χ0v) is 12.8. The lowest BCUT2D eigenvalue weighted by atomic mass is 9.73. The lowest BCUT2D eigenvalue weighted by molar-refractivity contribution is -0.0662. The van der Waals surface area contributed by atoms with Gasteiger partial charge >= 0.3 is 6.03 Å². The molecule has 0 radical (unpaired) electrons. The van der Waals surface area contributed by atoms with E-state index in [0.29, 0.717) is 5.41 Å². The summed E-state index contributed by atoms with van der Waals surface area (Å²) in [5.41, 5.74) is 3.32. The van der Waals surface area contributed by atoms with Crippen molar-refractivity contribution >= 4 is 6.03 Å². The van der Waals surface area contributed by atoms with Gasteiger partial charge in [0.2, 0.25) is 0 Å². The van der Waals surface area contributed by atoms with Crippen LogP contribution in [-0.2, 0) is 4.74 Å². The van der Waals surface area contributed by atoms with Gasteiger partial charge in [0, 0.05) is 44.8 Å². The van der Waals surface area contributed by atoms with Crippen LogP contribution in [0, 0.1) is 5.41 Å². The van der Waals surface area contributed by atoms with Gasteiger partial charge in [0.25, 0.3) is 0 Å². The minimum Gasteiger partial charge on any atom is -0.381 e. The second kappa shape index (κ2) is 5.40. The molecule has 4 nitrogen and oxygen atoms in total. The Hall–Kier alpha value is -1.03. The summed E-state index contributed by atoms with van der Waals surface area (Å²) in [7, 11) is 0. The summed E-state index contributed by atoms with van der Waals surface area (Å²) in [6.45, 7) is 9.72. The molecule has 3 heterocycles. The number of nitrogens with zero attached hydrogens (tertiary/aromatic N) is 2. The van der Waals surface area contributed by atoms with Crippen molar-refractivity contribution in [2.24, 2.45) is 5.41 Å². The molecule has 1 spiro atoms. The standard InChI is InChI=1S/C16H26N2O2/c1-3-14-4-7-17(10-13(14)2)15(19)18-11-16(12-18)5-8-20-9-6-16/h3-12H2,1-2H3. The molecule has 0 N–H and O–H groups in total. The number of rotatable bonds is 1. The normalized spacial score (nSPS) is 25.9. The molecular formula is C16H26N2O2. The van der Waals surface area contributed by atoms with Gasteiger partial charge in [-0.15, -0.1) is 0 Å². The molecule has 0 unspecified atom stereocenters. The molecule has 0 saturated carbocycles. The number of carbonyl (C=O) groups is 1. The van der Waals surface area contributed by atoms with Crippen LogP contribution in [0.15, 0.2) is 11.1 Å². The van der Waals surface area contributed by atoms with E-state index in [9.17, 15) is 4.79 Å². The third-order valence-corrected chi connectivity index (χ3v) is 5.29. The quantitative estimate of drug-likeness (QED) is 0.691. The number of hydrogen-bond donors (Lipinski definition) is 0. The van der Waals surface area contributed by atoms with Crippen molar-refractivity contribution in [1.29, 1.82) is 0 Å². The van der Waals surface area contributed by atoms with Crippen LogP contribution in [0.25, 0.3) is 0 Å². The SMILES string of the molecule is CCC1=C(C)CN(C(=O)N2CC3(CCOCC3)C2)CC1. The van der Waals surface area contributed by atoms with E-state index in [1.807, 2.05) is 9.80 Å². The fourth-order valence-corrected chi connectivity index (χ4v) is 3.82. The molecule has 3 aliphatic heterocycles. The Morgan fingerprint density at radius 2 is 1.95 bits per heavy atom. The minimum atomic E-state index is 0.247. The lowest BCUT2D eigenvalue weighted by Gasteiger charge is -2.53. The molecule has 20 heavy (non-hydrogen) atoms. The van der Waals surface area contributed by atoms with Gasteiger partial charge in [0.15, 0.2) is 0 Å². The summed E-state index contributed by atoms with van der Waals surface area (Å²) in [6, 6.07) is 0.247. The Bertz CT molecular complexity index is 416. The molecule has 0 bridgehead atoms. The largest absolute Gasteiger partial charge is 0.381 e. The fourth-order valence-electron chi connectivity index (χ4n) is 3.82. The predicted octanol–water partition coefficient (Wildman–Crippen LogP) is 2.65. The maximum absolute atomic E-state index is 12.5.